The second-order valence-corrected chi connectivity index (χ2v) is 5.62. The zero-order valence-corrected chi connectivity index (χ0v) is 11.8. The average molecular weight is 264 g/mol. The highest BCUT2D eigenvalue weighted by atomic mass is 16.3. The quantitative estimate of drug-likeness (QED) is 0.779. The van der Waals surface area contributed by atoms with E-state index in [2.05, 4.69) is 17.3 Å². The average Bonchev–Trinajstić information content (AvgIpc) is 2.37. The molecule has 0 spiro atoms. The first kappa shape index (κ1) is 14.2. The number of aromatic hydroxyl groups is 2. The van der Waals surface area contributed by atoms with Gasteiger partial charge in [-0.3, -0.25) is 0 Å². The summed E-state index contributed by atoms with van der Waals surface area (Å²) in [5, 5.41) is 22.6. The molecule has 2 rings (SSSR count). The maximum absolute atomic E-state index is 9.83. The van der Waals surface area contributed by atoms with Gasteiger partial charge in [0.1, 0.15) is 11.5 Å². The van der Waals surface area contributed by atoms with Crippen molar-refractivity contribution < 1.29 is 10.2 Å². The number of hydrogen-bond acceptors (Lipinski definition) is 4. The van der Waals surface area contributed by atoms with E-state index in [9.17, 15) is 10.2 Å². The number of phenols is 2. The van der Waals surface area contributed by atoms with Gasteiger partial charge in [0.15, 0.2) is 0 Å². The molecule has 1 unspecified atom stereocenters. The predicted octanol–water partition coefficient (Wildman–Crippen LogP) is 2.09. The highest BCUT2D eigenvalue weighted by Crippen LogP contribution is 2.28. The van der Waals surface area contributed by atoms with Crippen LogP contribution in [0, 0.1) is 5.92 Å². The first-order valence-corrected chi connectivity index (χ1v) is 7.00. The fourth-order valence-corrected chi connectivity index (χ4v) is 2.62. The number of nitrogens with one attached hydrogen (secondary N) is 1. The number of likely N-dealkylation sites (tertiary alicyclic amines) is 1. The van der Waals surface area contributed by atoms with Crippen LogP contribution < -0.4 is 5.32 Å². The molecule has 0 saturated carbocycles. The van der Waals surface area contributed by atoms with Crippen molar-refractivity contribution in [3.63, 3.8) is 0 Å². The summed E-state index contributed by atoms with van der Waals surface area (Å²) in [5.41, 5.74) is 0.839. The fourth-order valence-electron chi connectivity index (χ4n) is 2.62. The molecule has 1 saturated heterocycles. The third-order valence-electron chi connectivity index (χ3n) is 4.03. The number of piperidine rings is 1. The topological polar surface area (TPSA) is 55.7 Å². The van der Waals surface area contributed by atoms with Crippen LogP contribution in [-0.4, -0.2) is 41.8 Å². The molecule has 0 aliphatic carbocycles. The Bertz CT molecular complexity index is 415. The molecule has 1 heterocycles. The van der Waals surface area contributed by atoms with Crippen molar-refractivity contribution in [2.24, 2.45) is 5.92 Å². The Morgan fingerprint density at radius 3 is 2.63 bits per heavy atom. The smallest absolute Gasteiger partial charge is 0.124 e. The summed E-state index contributed by atoms with van der Waals surface area (Å²) in [4.78, 5) is 2.37. The van der Waals surface area contributed by atoms with Crippen molar-refractivity contribution in [1.82, 2.24) is 10.2 Å². The number of hydrogen-bond donors (Lipinski definition) is 3. The second kappa shape index (κ2) is 6.26. The van der Waals surface area contributed by atoms with Gasteiger partial charge < -0.3 is 20.4 Å². The number of rotatable bonds is 4. The Hall–Kier alpha value is -1.26. The molecule has 0 aromatic heterocycles. The molecule has 1 aromatic rings. The Labute approximate surface area is 115 Å². The maximum atomic E-state index is 9.83. The van der Waals surface area contributed by atoms with Crippen LogP contribution in [0.25, 0.3) is 0 Å². The Balaban J connectivity index is 1.85. The van der Waals surface area contributed by atoms with E-state index in [4.69, 9.17) is 0 Å². The van der Waals surface area contributed by atoms with Crippen LogP contribution in [0.4, 0.5) is 0 Å². The van der Waals surface area contributed by atoms with Gasteiger partial charge in [-0.15, -0.1) is 0 Å². The van der Waals surface area contributed by atoms with Crippen LogP contribution in [-0.2, 0) is 0 Å². The minimum Gasteiger partial charge on any atom is -0.508 e. The van der Waals surface area contributed by atoms with E-state index < -0.39 is 0 Å². The lowest BCUT2D eigenvalue weighted by Gasteiger charge is -2.30. The first-order valence-electron chi connectivity index (χ1n) is 7.00. The van der Waals surface area contributed by atoms with Crippen molar-refractivity contribution >= 4 is 0 Å². The van der Waals surface area contributed by atoms with E-state index in [1.807, 2.05) is 6.92 Å². The Morgan fingerprint density at radius 2 is 2.00 bits per heavy atom. The molecule has 106 valence electrons. The molecule has 19 heavy (non-hydrogen) atoms. The summed E-state index contributed by atoms with van der Waals surface area (Å²) >= 11 is 0. The Kier molecular flexibility index (Phi) is 4.66. The zero-order valence-electron chi connectivity index (χ0n) is 11.8. The monoisotopic (exact) mass is 264 g/mol. The standard InChI is InChI=1S/C15H24N2O2/c1-11(14-4-3-13(18)9-15(14)19)16-10-12-5-7-17(2)8-6-12/h3-4,9,11-12,16,18-19H,5-8,10H2,1-2H3. The number of phenolic OH excluding ortho intramolecular Hbond substituents is 2. The van der Waals surface area contributed by atoms with Gasteiger partial charge in [0, 0.05) is 17.7 Å². The van der Waals surface area contributed by atoms with Crippen molar-refractivity contribution in [3.05, 3.63) is 23.8 Å². The van der Waals surface area contributed by atoms with E-state index in [0.717, 1.165) is 18.0 Å². The van der Waals surface area contributed by atoms with Crippen molar-refractivity contribution in [1.29, 1.82) is 0 Å². The summed E-state index contributed by atoms with van der Waals surface area (Å²) in [5.74, 6) is 0.977. The maximum Gasteiger partial charge on any atom is 0.124 e. The third kappa shape index (κ3) is 3.85. The number of nitrogens with zero attached hydrogens (tertiary/aromatic N) is 1. The molecule has 0 amide bonds. The van der Waals surface area contributed by atoms with Crippen LogP contribution in [0.2, 0.25) is 0 Å². The number of benzene rings is 1. The van der Waals surface area contributed by atoms with E-state index >= 15 is 0 Å². The molecule has 1 fully saturated rings. The SMILES string of the molecule is CC(NCC1CCN(C)CC1)c1ccc(O)cc1O. The van der Waals surface area contributed by atoms with Gasteiger partial charge >= 0.3 is 0 Å². The summed E-state index contributed by atoms with van der Waals surface area (Å²) in [7, 11) is 2.17. The van der Waals surface area contributed by atoms with Gasteiger partial charge in [0.2, 0.25) is 0 Å². The minimum atomic E-state index is 0.0975. The van der Waals surface area contributed by atoms with Gasteiger partial charge in [-0.25, -0.2) is 0 Å². The largest absolute Gasteiger partial charge is 0.508 e. The van der Waals surface area contributed by atoms with Crippen molar-refractivity contribution in [2.45, 2.75) is 25.8 Å². The molecule has 1 aliphatic rings. The molecule has 4 heteroatoms. The van der Waals surface area contributed by atoms with Crippen LogP contribution in [0.1, 0.15) is 31.4 Å². The van der Waals surface area contributed by atoms with Gasteiger partial charge in [-0.05, 0) is 58.4 Å². The molecule has 1 aromatic carbocycles. The normalized spacial score (nSPS) is 19.5. The van der Waals surface area contributed by atoms with Crippen molar-refractivity contribution in [2.75, 3.05) is 26.7 Å². The molecule has 0 bridgehead atoms. The summed E-state index contributed by atoms with van der Waals surface area (Å²) < 4.78 is 0. The van der Waals surface area contributed by atoms with Crippen LogP contribution >= 0.6 is 0 Å². The molecule has 4 nitrogen and oxygen atoms in total. The minimum absolute atomic E-state index is 0.0975. The van der Waals surface area contributed by atoms with Gasteiger partial charge in [-0.1, -0.05) is 6.07 Å². The molecule has 3 N–H and O–H groups in total. The highest BCUT2D eigenvalue weighted by molar-refractivity contribution is 5.40. The van der Waals surface area contributed by atoms with E-state index in [0.29, 0.717) is 0 Å². The fraction of sp³-hybridized carbons (Fsp3) is 0.600. The summed E-state index contributed by atoms with van der Waals surface area (Å²) in [6, 6.07) is 4.88. The zero-order chi connectivity index (χ0) is 13.8. The van der Waals surface area contributed by atoms with Crippen LogP contribution in [0.5, 0.6) is 11.5 Å². The molecular weight excluding hydrogens is 240 g/mol. The van der Waals surface area contributed by atoms with E-state index in [-0.39, 0.29) is 17.5 Å². The van der Waals surface area contributed by atoms with Crippen LogP contribution in [0.15, 0.2) is 18.2 Å². The Morgan fingerprint density at radius 1 is 1.32 bits per heavy atom. The summed E-state index contributed by atoms with van der Waals surface area (Å²) in [6.45, 7) is 5.37. The second-order valence-electron chi connectivity index (χ2n) is 5.62. The van der Waals surface area contributed by atoms with E-state index in [1.54, 1.807) is 12.1 Å². The lowest BCUT2D eigenvalue weighted by atomic mass is 9.96. The van der Waals surface area contributed by atoms with Gasteiger partial charge in [0.25, 0.3) is 0 Å². The predicted molar refractivity (Wildman–Crippen MR) is 76.4 cm³/mol. The summed E-state index contributed by atoms with van der Waals surface area (Å²) in [6.07, 6.45) is 2.47. The lowest BCUT2D eigenvalue weighted by Crippen LogP contribution is -2.35. The van der Waals surface area contributed by atoms with Crippen LogP contribution in [0.3, 0.4) is 0 Å². The van der Waals surface area contributed by atoms with Gasteiger partial charge in [-0.2, -0.15) is 0 Å². The third-order valence-corrected chi connectivity index (χ3v) is 4.03. The molecular formula is C15H24N2O2. The molecule has 1 atom stereocenters. The van der Waals surface area contributed by atoms with Crippen molar-refractivity contribution in [3.8, 4) is 11.5 Å². The van der Waals surface area contributed by atoms with E-state index in [1.165, 1.54) is 32.0 Å². The van der Waals surface area contributed by atoms with Gasteiger partial charge in [0.05, 0.1) is 0 Å². The highest BCUT2D eigenvalue weighted by Gasteiger charge is 2.18. The lowest BCUT2D eigenvalue weighted by molar-refractivity contribution is 0.213. The molecule has 0 radical (unpaired) electrons. The first-order chi connectivity index (χ1) is 9.06. The molecule has 1 aliphatic heterocycles.